The molecular formula is C23H27NO4. The Labute approximate surface area is 166 Å². The number of ether oxygens (including phenoxy) is 2. The Bertz CT molecular complexity index is 786. The Morgan fingerprint density at radius 3 is 2.54 bits per heavy atom. The minimum atomic E-state index is -0.295. The lowest BCUT2D eigenvalue weighted by Gasteiger charge is -2.21. The van der Waals surface area contributed by atoms with Gasteiger partial charge in [0.1, 0.15) is 5.75 Å². The van der Waals surface area contributed by atoms with E-state index < -0.39 is 0 Å². The Morgan fingerprint density at radius 1 is 1.04 bits per heavy atom. The summed E-state index contributed by atoms with van der Waals surface area (Å²) < 4.78 is 10.2. The standard InChI is InChI=1S/C23H27NO4/c1-3-28-23(26)15-17-24(16-14-19-8-5-4-6-9-19)22(25)13-12-20-10-7-11-21(18-20)27-2/h4-13,18H,3,14-17H2,1-2H3/b13-12+. The summed E-state index contributed by atoms with van der Waals surface area (Å²) in [6.45, 7) is 2.97. The van der Waals surface area contributed by atoms with Crippen molar-refractivity contribution < 1.29 is 19.1 Å². The van der Waals surface area contributed by atoms with Crippen LogP contribution in [-0.4, -0.2) is 43.6 Å². The summed E-state index contributed by atoms with van der Waals surface area (Å²) >= 11 is 0. The molecule has 0 spiro atoms. The first-order valence-electron chi connectivity index (χ1n) is 9.43. The van der Waals surface area contributed by atoms with E-state index in [0.717, 1.165) is 23.3 Å². The number of nitrogens with zero attached hydrogens (tertiary/aromatic N) is 1. The predicted molar refractivity (Wildman–Crippen MR) is 110 cm³/mol. The van der Waals surface area contributed by atoms with Gasteiger partial charge < -0.3 is 14.4 Å². The minimum absolute atomic E-state index is 0.136. The van der Waals surface area contributed by atoms with Gasteiger partial charge in [0, 0.05) is 19.2 Å². The predicted octanol–water partition coefficient (Wildman–Crippen LogP) is 3.73. The van der Waals surface area contributed by atoms with Crippen molar-refractivity contribution in [2.24, 2.45) is 0 Å². The van der Waals surface area contributed by atoms with E-state index in [-0.39, 0.29) is 18.3 Å². The molecule has 0 N–H and O–H groups in total. The second-order valence-electron chi connectivity index (χ2n) is 6.23. The maximum absolute atomic E-state index is 12.7. The monoisotopic (exact) mass is 381 g/mol. The van der Waals surface area contributed by atoms with Crippen molar-refractivity contribution in [2.75, 3.05) is 26.8 Å². The van der Waals surface area contributed by atoms with Crippen LogP contribution in [-0.2, 0) is 20.7 Å². The second kappa shape index (κ2) is 11.6. The molecule has 0 radical (unpaired) electrons. The maximum Gasteiger partial charge on any atom is 0.307 e. The lowest BCUT2D eigenvalue weighted by Crippen LogP contribution is -2.33. The average Bonchev–Trinajstić information content (AvgIpc) is 2.73. The first-order chi connectivity index (χ1) is 13.6. The number of amides is 1. The van der Waals surface area contributed by atoms with Crippen molar-refractivity contribution >= 4 is 18.0 Å². The Kier molecular flexibility index (Phi) is 8.79. The Balaban J connectivity index is 2.03. The highest BCUT2D eigenvalue weighted by molar-refractivity contribution is 5.92. The Hall–Kier alpha value is -3.08. The number of carbonyl (C=O) groups excluding carboxylic acids is 2. The maximum atomic E-state index is 12.7. The van der Waals surface area contributed by atoms with Crippen molar-refractivity contribution in [1.82, 2.24) is 4.90 Å². The number of esters is 1. The lowest BCUT2D eigenvalue weighted by atomic mass is 10.1. The molecule has 0 aliphatic rings. The van der Waals surface area contributed by atoms with Crippen molar-refractivity contribution in [2.45, 2.75) is 19.8 Å². The molecule has 2 aromatic rings. The molecule has 0 aliphatic heterocycles. The van der Waals surface area contributed by atoms with E-state index in [1.165, 1.54) is 6.08 Å². The van der Waals surface area contributed by atoms with Gasteiger partial charge in [0.2, 0.25) is 5.91 Å². The van der Waals surface area contributed by atoms with Gasteiger partial charge in [-0.05, 0) is 42.7 Å². The van der Waals surface area contributed by atoms with Gasteiger partial charge in [0.15, 0.2) is 0 Å². The highest BCUT2D eigenvalue weighted by atomic mass is 16.5. The summed E-state index contributed by atoms with van der Waals surface area (Å²) in [4.78, 5) is 26.1. The number of rotatable bonds is 10. The highest BCUT2D eigenvalue weighted by Gasteiger charge is 2.13. The average molecular weight is 381 g/mol. The molecule has 5 heteroatoms. The smallest absolute Gasteiger partial charge is 0.307 e. The largest absolute Gasteiger partial charge is 0.497 e. The van der Waals surface area contributed by atoms with Crippen LogP contribution in [0, 0.1) is 0 Å². The van der Waals surface area contributed by atoms with E-state index in [2.05, 4.69) is 0 Å². The Morgan fingerprint density at radius 2 is 1.82 bits per heavy atom. The fourth-order valence-corrected chi connectivity index (χ4v) is 2.72. The van der Waals surface area contributed by atoms with Crippen LogP contribution in [0.15, 0.2) is 60.7 Å². The van der Waals surface area contributed by atoms with Gasteiger partial charge in [-0.1, -0.05) is 42.5 Å². The molecule has 0 fully saturated rings. The molecule has 0 heterocycles. The molecule has 0 atom stereocenters. The van der Waals surface area contributed by atoms with Gasteiger partial charge in [-0.15, -0.1) is 0 Å². The van der Waals surface area contributed by atoms with Crippen molar-refractivity contribution in [3.8, 4) is 5.75 Å². The molecule has 28 heavy (non-hydrogen) atoms. The molecule has 2 rings (SSSR count). The SMILES string of the molecule is CCOC(=O)CCN(CCc1ccccc1)C(=O)/C=C/c1cccc(OC)c1. The molecule has 0 saturated heterocycles. The normalized spacial score (nSPS) is 10.6. The third-order valence-corrected chi connectivity index (χ3v) is 4.23. The van der Waals surface area contributed by atoms with Crippen LogP contribution in [0.4, 0.5) is 0 Å². The number of hydrogen-bond acceptors (Lipinski definition) is 4. The molecular weight excluding hydrogens is 354 g/mol. The fraction of sp³-hybridized carbons (Fsp3) is 0.304. The van der Waals surface area contributed by atoms with Gasteiger partial charge in [-0.3, -0.25) is 9.59 Å². The fourth-order valence-electron chi connectivity index (χ4n) is 2.72. The summed E-state index contributed by atoms with van der Waals surface area (Å²) in [6, 6.07) is 17.5. The van der Waals surface area contributed by atoms with Crippen LogP contribution in [0.25, 0.3) is 6.08 Å². The lowest BCUT2D eigenvalue weighted by molar-refractivity contribution is -0.143. The third-order valence-electron chi connectivity index (χ3n) is 4.23. The van der Waals surface area contributed by atoms with E-state index in [1.807, 2.05) is 54.6 Å². The molecule has 0 saturated carbocycles. The minimum Gasteiger partial charge on any atom is -0.497 e. The van der Waals surface area contributed by atoms with Gasteiger partial charge in [-0.2, -0.15) is 0 Å². The summed E-state index contributed by atoms with van der Waals surface area (Å²) in [5.41, 5.74) is 2.02. The molecule has 1 amide bonds. The molecule has 0 unspecified atom stereocenters. The number of hydrogen-bond donors (Lipinski definition) is 0. The van der Waals surface area contributed by atoms with E-state index in [0.29, 0.717) is 19.7 Å². The van der Waals surface area contributed by atoms with Gasteiger partial charge >= 0.3 is 5.97 Å². The summed E-state index contributed by atoms with van der Waals surface area (Å²) in [6.07, 6.45) is 4.19. The van der Waals surface area contributed by atoms with E-state index >= 15 is 0 Å². The first-order valence-corrected chi connectivity index (χ1v) is 9.43. The van der Waals surface area contributed by atoms with Crippen molar-refractivity contribution in [1.29, 1.82) is 0 Å². The zero-order valence-corrected chi connectivity index (χ0v) is 16.5. The number of methoxy groups -OCH3 is 1. The van der Waals surface area contributed by atoms with Crippen LogP contribution < -0.4 is 4.74 Å². The first kappa shape index (κ1) is 21.2. The molecule has 0 bridgehead atoms. The summed E-state index contributed by atoms with van der Waals surface area (Å²) in [7, 11) is 1.61. The zero-order valence-electron chi connectivity index (χ0n) is 16.5. The van der Waals surface area contributed by atoms with Crippen LogP contribution in [0.5, 0.6) is 5.75 Å². The zero-order chi connectivity index (χ0) is 20.2. The summed E-state index contributed by atoms with van der Waals surface area (Å²) in [5.74, 6) is 0.303. The quantitative estimate of drug-likeness (QED) is 0.465. The van der Waals surface area contributed by atoms with E-state index in [4.69, 9.17) is 9.47 Å². The molecule has 0 aromatic heterocycles. The van der Waals surface area contributed by atoms with Crippen LogP contribution in [0.3, 0.4) is 0 Å². The summed E-state index contributed by atoms with van der Waals surface area (Å²) in [5, 5.41) is 0. The van der Waals surface area contributed by atoms with Gasteiger partial charge in [-0.25, -0.2) is 0 Å². The van der Waals surface area contributed by atoms with Crippen LogP contribution >= 0.6 is 0 Å². The molecule has 5 nitrogen and oxygen atoms in total. The molecule has 2 aromatic carbocycles. The van der Waals surface area contributed by atoms with Crippen LogP contribution in [0.1, 0.15) is 24.5 Å². The topological polar surface area (TPSA) is 55.8 Å². The number of carbonyl (C=O) groups is 2. The number of benzene rings is 2. The van der Waals surface area contributed by atoms with Gasteiger partial charge in [0.05, 0.1) is 20.1 Å². The van der Waals surface area contributed by atoms with Crippen molar-refractivity contribution in [3.63, 3.8) is 0 Å². The molecule has 0 aliphatic carbocycles. The van der Waals surface area contributed by atoms with Gasteiger partial charge in [0.25, 0.3) is 0 Å². The third kappa shape index (κ3) is 7.27. The van der Waals surface area contributed by atoms with E-state index in [1.54, 1.807) is 25.0 Å². The molecule has 148 valence electrons. The van der Waals surface area contributed by atoms with Crippen LogP contribution in [0.2, 0.25) is 0 Å². The highest BCUT2D eigenvalue weighted by Crippen LogP contribution is 2.14. The van der Waals surface area contributed by atoms with Crippen molar-refractivity contribution in [3.05, 3.63) is 71.8 Å². The van der Waals surface area contributed by atoms with E-state index in [9.17, 15) is 9.59 Å². The second-order valence-corrected chi connectivity index (χ2v) is 6.23.